The molecule has 2 aromatic rings. The van der Waals surface area contributed by atoms with Gasteiger partial charge >= 0.3 is 6.09 Å². The SMILES string of the molecule is CCCCCNC(=O)Oc1cc(Cc2ccccc2)c(O)cc1N. The van der Waals surface area contributed by atoms with Gasteiger partial charge in [0.15, 0.2) is 5.75 Å². The molecular formula is C19H24N2O3. The molecule has 4 N–H and O–H groups in total. The highest BCUT2D eigenvalue weighted by molar-refractivity contribution is 5.73. The summed E-state index contributed by atoms with van der Waals surface area (Å²) in [6.45, 7) is 2.67. The molecule has 5 heteroatoms. The Morgan fingerprint density at radius 2 is 1.96 bits per heavy atom. The molecule has 1 amide bonds. The second kappa shape index (κ2) is 8.82. The summed E-state index contributed by atoms with van der Waals surface area (Å²) in [5, 5.41) is 12.8. The van der Waals surface area contributed by atoms with Gasteiger partial charge in [-0.05, 0) is 18.1 Å². The number of anilines is 1. The Bertz CT molecular complexity index is 672. The summed E-state index contributed by atoms with van der Waals surface area (Å²) in [6.07, 6.45) is 3.05. The molecule has 128 valence electrons. The summed E-state index contributed by atoms with van der Waals surface area (Å²) < 4.78 is 5.27. The lowest BCUT2D eigenvalue weighted by molar-refractivity contribution is 0.200. The van der Waals surface area contributed by atoms with Crippen LogP contribution in [0.4, 0.5) is 10.5 Å². The summed E-state index contributed by atoms with van der Waals surface area (Å²) >= 11 is 0. The molecule has 0 heterocycles. The number of ether oxygens (including phenoxy) is 1. The third-order valence-electron chi connectivity index (χ3n) is 3.70. The van der Waals surface area contributed by atoms with Gasteiger partial charge in [0.05, 0.1) is 5.69 Å². The van der Waals surface area contributed by atoms with Crippen molar-refractivity contribution < 1.29 is 14.6 Å². The Kier molecular flexibility index (Phi) is 6.49. The Labute approximate surface area is 142 Å². The lowest BCUT2D eigenvalue weighted by atomic mass is 10.0. The van der Waals surface area contributed by atoms with Gasteiger partial charge in [-0.15, -0.1) is 0 Å². The Balaban J connectivity index is 2.04. The number of nitrogens with two attached hydrogens (primary N) is 1. The van der Waals surface area contributed by atoms with Crippen LogP contribution in [0, 0.1) is 0 Å². The van der Waals surface area contributed by atoms with Crippen LogP contribution in [0.25, 0.3) is 0 Å². The molecule has 0 atom stereocenters. The summed E-state index contributed by atoms with van der Waals surface area (Å²) in [4.78, 5) is 11.8. The number of unbranched alkanes of at least 4 members (excludes halogenated alkanes) is 2. The van der Waals surface area contributed by atoms with E-state index in [1.54, 1.807) is 6.07 Å². The normalized spacial score (nSPS) is 10.4. The van der Waals surface area contributed by atoms with Crippen LogP contribution in [0.15, 0.2) is 42.5 Å². The molecule has 0 spiro atoms. The van der Waals surface area contributed by atoms with Crippen molar-refractivity contribution in [3.05, 3.63) is 53.6 Å². The van der Waals surface area contributed by atoms with E-state index in [2.05, 4.69) is 12.2 Å². The standard InChI is InChI=1S/C19H24N2O3/c1-2-3-7-10-21-19(23)24-18-12-15(17(22)13-16(18)20)11-14-8-5-4-6-9-14/h4-6,8-9,12-13,22H,2-3,7,10-11,20H2,1H3,(H,21,23). The molecule has 0 aliphatic rings. The lowest BCUT2D eigenvalue weighted by Gasteiger charge is -2.12. The first-order valence-corrected chi connectivity index (χ1v) is 8.21. The van der Waals surface area contributed by atoms with Crippen molar-refractivity contribution in [3.8, 4) is 11.5 Å². The number of nitrogens with one attached hydrogen (secondary N) is 1. The number of rotatable bonds is 7. The minimum absolute atomic E-state index is 0.0899. The highest BCUT2D eigenvalue weighted by atomic mass is 16.6. The average Bonchev–Trinajstić information content (AvgIpc) is 2.57. The molecule has 2 rings (SSSR count). The minimum atomic E-state index is -0.533. The third kappa shape index (κ3) is 5.19. The molecule has 0 bridgehead atoms. The van der Waals surface area contributed by atoms with Crippen LogP contribution >= 0.6 is 0 Å². The maximum Gasteiger partial charge on any atom is 0.412 e. The summed E-state index contributed by atoms with van der Waals surface area (Å²) in [6, 6.07) is 12.8. The number of hydrogen-bond donors (Lipinski definition) is 3. The zero-order valence-electron chi connectivity index (χ0n) is 13.9. The smallest absolute Gasteiger partial charge is 0.412 e. The molecule has 24 heavy (non-hydrogen) atoms. The lowest BCUT2D eigenvalue weighted by Crippen LogP contribution is -2.28. The van der Waals surface area contributed by atoms with Gasteiger partial charge in [-0.1, -0.05) is 50.1 Å². The largest absolute Gasteiger partial charge is 0.508 e. The van der Waals surface area contributed by atoms with Crippen LogP contribution < -0.4 is 15.8 Å². The van der Waals surface area contributed by atoms with Crippen molar-refractivity contribution in [3.63, 3.8) is 0 Å². The number of nitrogen functional groups attached to an aromatic ring is 1. The van der Waals surface area contributed by atoms with Gasteiger partial charge in [-0.2, -0.15) is 0 Å². The van der Waals surface area contributed by atoms with Gasteiger partial charge in [0.1, 0.15) is 5.75 Å². The Morgan fingerprint density at radius 1 is 1.21 bits per heavy atom. The van der Waals surface area contributed by atoms with Crippen LogP contribution in [0.2, 0.25) is 0 Å². The molecular weight excluding hydrogens is 304 g/mol. The van der Waals surface area contributed by atoms with Gasteiger partial charge in [0.2, 0.25) is 0 Å². The molecule has 0 unspecified atom stereocenters. The fourth-order valence-corrected chi connectivity index (χ4v) is 2.37. The number of phenols is 1. The van der Waals surface area contributed by atoms with Crippen LogP contribution in [0.5, 0.6) is 11.5 Å². The van der Waals surface area contributed by atoms with Gasteiger partial charge in [0.25, 0.3) is 0 Å². The van der Waals surface area contributed by atoms with E-state index < -0.39 is 6.09 Å². The van der Waals surface area contributed by atoms with E-state index in [-0.39, 0.29) is 17.2 Å². The molecule has 0 aliphatic heterocycles. The molecule has 0 saturated carbocycles. The number of aromatic hydroxyl groups is 1. The highest BCUT2D eigenvalue weighted by Gasteiger charge is 2.12. The Hall–Kier alpha value is -2.69. The number of phenolic OH excluding ortho intramolecular Hbond substituents is 1. The van der Waals surface area contributed by atoms with E-state index in [0.29, 0.717) is 18.5 Å². The van der Waals surface area contributed by atoms with E-state index >= 15 is 0 Å². The van der Waals surface area contributed by atoms with E-state index in [1.165, 1.54) is 6.07 Å². The van der Waals surface area contributed by atoms with Crippen molar-refractivity contribution in [1.82, 2.24) is 5.32 Å². The highest BCUT2D eigenvalue weighted by Crippen LogP contribution is 2.31. The third-order valence-corrected chi connectivity index (χ3v) is 3.70. The topological polar surface area (TPSA) is 84.6 Å². The van der Waals surface area contributed by atoms with Crippen LogP contribution in [-0.4, -0.2) is 17.7 Å². The van der Waals surface area contributed by atoms with Crippen LogP contribution in [0.3, 0.4) is 0 Å². The number of carbonyl (C=O) groups excluding carboxylic acids is 1. The first-order valence-electron chi connectivity index (χ1n) is 8.21. The second-order valence-electron chi connectivity index (χ2n) is 5.70. The van der Waals surface area contributed by atoms with E-state index in [9.17, 15) is 9.90 Å². The molecule has 0 saturated heterocycles. The number of carbonyl (C=O) groups is 1. The second-order valence-corrected chi connectivity index (χ2v) is 5.70. The quantitative estimate of drug-likeness (QED) is 0.532. The predicted molar refractivity (Wildman–Crippen MR) is 95.3 cm³/mol. The molecule has 2 aromatic carbocycles. The van der Waals surface area contributed by atoms with Crippen LogP contribution in [0.1, 0.15) is 37.3 Å². The zero-order chi connectivity index (χ0) is 17.4. The summed E-state index contributed by atoms with van der Waals surface area (Å²) in [5.74, 6) is 0.346. The van der Waals surface area contributed by atoms with Gasteiger partial charge in [-0.25, -0.2) is 4.79 Å². The van der Waals surface area contributed by atoms with Crippen LogP contribution in [-0.2, 0) is 6.42 Å². The number of hydrogen-bond acceptors (Lipinski definition) is 4. The number of benzene rings is 2. The fraction of sp³-hybridized carbons (Fsp3) is 0.316. The van der Waals surface area contributed by atoms with E-state index in [0.717, 1.165) is 24.8 Å². The zero-order valence-corrected chi connectivity index (χ0v) is 13.9. The Morgan fingerprint density at radius 3 is 2.67 bits per heavy atom. The monoisotopic (exact) mass is 328 g/mol. The number of amides is 1. The average molecular weight is 328 g/mol. The van der Waals surface area contributed by atoms with Crippen molar-refractivity contribution in [2.75, 3.05) is 12.3 Å². The van der Waals surface area contributed by atoms with Crippen molar-refractivity contribution in [2.24, 2.45) is 0 Å². The minimum Gasteiger partial charge on any atom is -0.508 e. The van der Waals surface area contributed by atoms with Gasteiger partial charge in [-0.3, -0.25) is 0 Å². The molecule has 0 fully saturated rings. The molecule has 0 aliphatic carbocycles. The maximum atomic E-state index is 11.8. The fourth-order valence-electron chi connectivity index (χ4n) is 2.37. The predicted octanol–water partition coefficient (Wildman–Crippen LogP) is 3.84. The summed E-state index contributed by atoms with van der Waals surface area (Å²) in [5.41, 5.74) is 7.78. The van der Waals surface area contributed by atoms with Crippen molar-refractivity contribution in [1.29, 1.82) is 0 Å². The maximum absolute atomic E-state index is 11.8. The molecule has 0 aromatic heterocycles. The molecule has 5 nitrogen and oxygen atoms in total. The van der Waals surface area contributed by atoms with Crippen molar-refractivity contribution >= 4 is 11.8 Å². The van der Waals surface area contributed by atoms with Gasteiger partial charge < -0.3 is 20.9 Å². The first-order chi connectivity index (χ1) is 11.6. The molecule has 0 radical (unpaired) electrons. The van der Waals surface area contributed by atoms with E-state index in [1.807, 2.05) is 30.3 Å². The van der Waals surface area contributed by atoms with E-state index in [4.69, 9.17) is 10.5 Å². The van der Waals surface area contributed by atoms with Gasteiger partial charge in [0, 0.05) is 24.6 Å². The van der Waals surface area contributed by atoms with Crippen molar-refractivity contribution in [2.45, 2.75) is 32.6 Å². The summed E-state index contributed by atoms with van der Waals surface area (Å²) in [7, 11) is 0. The first kappa shape index (κ1) is 17.7.